The van der Waals surface area contributed by atoms with Crippen molar-refractivity contribution >= 4 is 6.34 Å². The first-order valence-corrected chi connectivity index (χ1v) is 3.24. The van der Waals surface area contributed by atoms with Crippen molar-refractivity contribution < 1.29 is 0 Å². The normalized spacial score (nSPS) is 8.56. The average Bonchev–Trinajstić information content (AvgIpc) is 1.91. The number of hydrogen-bond acceptors (Lipinski definition) is 1. The van der Waals surface area contributed by atoms with E-state index in [0.29, 0.717) is 0 Å². The van der Waals surface area contributed by atoms with E-state index in [1.165, 1.54) is 6.34 Å². The molecule has 2 heteroatoms. The Labute approximate surface area is 56.7 Å². The molecule has 0 atom stereocenters. The first-order chi connectivity index (χ1) is 4.35. The lowest BCUT2D eigenvalue weighted by atomic mass is 10.3. The fourth-order valence-electron chi connectivity index (χ4n) is 0.549. The monoisotopic (exact) mass is 126 g/mol. The van der Waals surface area contributed by atoms with Gasteiger partial charge in [-0.2, -0.15) is 0 Å². The molecule has 0 aliphatic carbocycles. The quantitative estimate of drug-likeness (QED) is 0.441. The van der Waals surface area contributed by atoms with E-state index in [9.17, 15) is 0 Å². The molecule has 0 aliphatic rings. The summed E-state index contributed by atoms with van der Waals surface area (Å²) in [7, 11) is 0. The number of nitrogens with one attached hydrogen (secondary N) is 1. The molecule has 52 valence electrons. The van der Waals surface area contributed by atoms with Crippen LogP contribution >= 0.6 is 0 Å². The van der Waals surface area contributed by atoms with E-state index in [1.54, 1.807) is 11.1 Å². The van der Waals surface area contributed by atoms with Crippen molar-refractivity contribution in [1.29, 1.82) is 5.41 Å². The second kappa shape index (κ2) is 5.35. The van der Waals surface area contributed by atoms with Gasteiger partial charge < -0.3 is 4.90 Å². The minimum Gasteiger partial charge on any atom is -0.340 e. The number of hydrogen-bond donors (Lipinski definition) is 1. The number of nitrogens with zero attached hydrogens (tertiary/aromatic N) is 1. The Kier molecular flexibility index (Phi) is 4.88. The Morgan fingerprint density at radius 2 is 2.33 bits per heavy atom. The van der Waals surface area contributed by atoms with Crippen LogP contribution in [0.25, 0.3) is 0 Å². The van der Waals surface area contributed by atoms with Crippen molar-refractivity contribution in [3.63, 3.8) is 0 Å². The summed E-state index contributed by atoms with van der Waals surface area (Å²) in [5.41, 5.74) is 0. The van der Waals surface area contributed by atoms with Gasteiger partial charge >= 0.3 is 0 Å². The van der Waals surface area contributed by atoms with Gasteiger partial charge in [-0.05, 0) is 12.6 Å². The molecular weight excluding hydrogens is 112 g/mol. The summed E-state index contributed by atoms with van der Waals surface area (Å²) < 4.78 is 0. The zero-order chi connectivity index (χ0) is 7.11. The predicted molar refractivity (Wildman–Crippen MR) is 40.6 cm³/mol. The van der Waals surface area contributed by atoms with E-state index in [0.717, 1.165) is 19.4 Å². The molecule has 0 saturated heterocycles. The smallest absolute Gasteiger partial charge is 0.0856 e. The predicted octanol–water partition coefficient (Wildman–Crippen LogP) is 1.84. The van der Waals surface area contributed by atoms with E-state index in [4.69, 9.17) is 5.41 Å². The zero-order valence-electron chi connectivity index (χ0n) is 5.93. The fraction of sp³-hybridized carbons (Fsp3) is 0.571. The van der Waals surface area contributed by atoms with E-state index in [-0.39, 0.29) is 0 Å². The van der Waals surface area contributed by atoms with Crippen LogP contribution in [-0.2, 0) is 0 Å². The van der Waals surface area contributed by atoms with Crippen molar-refractivity contribution in [3.8, 4) is 0 Å². The van der Waals surface area contributed by atoms with Gasteiger partial charge in [-0.3, -0.25) is 5.41 Å². The van der Waals surface area contributed by atoms with E-state index < -0.39 is 0 Å². The largest absolute Gasteiger partial charge is 0.340 e. The van der Waals surface area contributed by atoms with Crippen molar-refractivity contribution in [3.05, 3.63) is 12.8 Å². The summed E-state index contributed by atoms with van der Waals surface area (Å²) in [4.78, 5) is 1.77. The van der Waals surface area contributed by atoms with Crippen LogP contribution in [0.2, 0.25) is 0 Å². The van der Waals surface area contributed by atoms with Crippen LogP contribution in [0.4, 0.5) is 0 Å². The molecule has 0 amide bonds. The molecule has 1 N–H and O–H groups in total. The van der Waals surface area contributed by atoms with Crippen LogP contribution in [0.3, 0.4) is 0 Å². The highest BCUT2D eigenvalue weighted by Crippen LogP contribution is 1.90. The third-order valence-corrected chi connectivity index (χ3v) is 1.17. The maximum absolute atomic E-state index is 6.87. The zero-order valence-corrected chi connectivity index (χ0v) is 5.93. The molecule has 0 spiro atoms. The van der Waals surface area contributed by atoms with Crippen molar-refractivity contribution in [2.45, 2.75) is 19.8 Å². The molecule has 0 radical (unpaired) electrons. The average molecular weight is 126 g/mol. The molecule has 0 heterocycles. The molecule has 0 rings (SSSR count). The van der Waals surface area contributed by atoms with Crippen LogP contribution < -0.4 is 0 Å². The molecule has 0 fully saturated rings. The number of rotatable bonds is 5. The summed E-state index contributed by atoms with van der Waals surface area (Å²) in [5.74, 6) is 0. The molecule has 2 nitrogen and oxygen atoms in total. The highest BCUT2D eigenvalue weighted by Gasteiger charge is 1.89. The topological polar surface area (TPSA) is 27.1 Å². The molecule has 0 aliphatic heterocycles. The molecule has 0 saturated carbocycles. The molecular formula is C7H14N2. The first kappa shape index (κ1) is 8.21. The van der Waals surface area contributed by atoms with Crippen LogP contribution in [-0.4, -0.2) is 17.8 Å². The lowest BCUT2D eigenvalue weighted by molar-refractivity contribution is 0.539. The first-order valence-electron chi connectivity index (χ1n) is 3.24. The Morgan fingerprint density at radius 3 is 2.67 bits per heavy atom. The van der Waals surface area contributed by atoms with Gasteiger partial charge in [-0.25, -0.2) is 0 Å². The third-order valence-electron chi connectivity index (χ3n) is 1.17. The third kappa shape index (κ3) is 3.76. The van der Waals surface area contributed by atoms with Crippen LogP contribution in [0, 0.1) is 5.41 Å². The summed E-state index contributed by atoms with van der Waals surface area (Å²) in [5, 5.41) is 6.87. The van der Waals surface area contributed by atoms with Crippen LogP contribution in [0.5, 0.6) is 0 Å². The summed E-state index contributed by atoms with van der Waals surface area (Å²) in [6, 6.07) is 0. The van der Waals surface area contributed by atoms with Gasteiger partial charge in [0.2, 0.25) is 0 Å². The minimum atomic E-state index is 0.920. The summed E-state index contributed by atoms with van der Waals surface area (Å²) >= 11 is 0. The van der Waals surface area contributed by atoms with Gasteiger partial charge in [0.15, 0.2) is 0 Å². The highest BCUT2D eigenvalue weighted by molar-refractivity contribution is 5.51. The van der Waals surface area contributed by atoms with Gasteiger partial charge in [0.05, 0.1) is 6.34 Å². The van der Waals surface area contributed by atoms with Crippen molar-refractivity contribution in [2.24, 2.45) is 0 Å². The Hall–Kier alpha value is -0.790. The summed E-state index contributed by atoms with van der Waals surface area (Å²) in [6.45, 7) is 6.61. The summed E-state index contributed by atoms with van der Waals surface area (Å²) in [6.07, 6.45) is 5.25. The lowest BCUT2D eigenvalue weighted by Gasteiger charge is -2.10. The number of unbranched alkanes of at least 4 members (excludes halogenated alkanes) is 1. The highest BCUT2D eigenvalue weighted by atomic mass is 15.1. The van der Waals surface area contributed by atoms with E-state index in [2.05, 4.69) is 13.5 Å². The molecule has 0 bridgehead atoms. The molecule has 0 aromatic carbocycles. The second-order valence-corrected chi connectivity index (χ2v) is 1.90. The standard InChI is InChI=1S/C7H14N2/c1-3-5-6-9(4-2)7-8/h4,7-8H,2-3,5-6H2,1H3. The second-order valence-electron chi connectivity index (χ2n) is 1.90. The molecule has 0 aromatic heterocycles. The van der Waals surface area contributed by atoms with Gasteiger partial charge in [-0.1, -0.05) is 19.9 Å². The molecule has 0 aromatic rings. The van der Waals surface area contributed by atoms with E-state index in [1.807, 2.05) is 0 Å². The Morgan fingerprint density at radius 1 is 1.67 bits per heavy atom. The maximum atomic E-state index is 6.87. The lowest BCUT2D eigenvalue weighted by Crippen LogP contribution is -2.14. The van der Waals surface area contributed by atoms with Crippen molar-refractivity contribution in [1.82, 2.24) is 4.90 Å². The van der Waals surface area contributed by atoms with E-state index >= 15 is 0 Å². The van der Waals surface area contributed by atoms with Gasteiger partial charge in [-0.15, -0.1) is 0 Å². The molecule has 0 unspecified atom stereocenters. The van der Waals surface area contributed by atoms with Crippen molar-refractivity contribution in [2.75, 3.05) is 6.54 Å². The fourth-order valence-corrected chi connectivity index (χ4v) is 0.549. The SMILES string of the molecule is C=CN(C=N)CCCC. The van der Waals surface area contributed by atoms with Gasteiger partial charge in [0.25, 0.3) is 0 Å². The maximum Gasteiger partial charge on any atom is 0.0856 e. The Balaban J connectivity index is 3.30. The van der Waals surface area contributed by atoms with Crippen LogP contribution in [0.1, 0.15) is 19.8 Å². The molecule has 9 heavy (non-hydrogen) atoms. The van der Waals surface area contributed by atoms with Gasteiger partial charge in [0, 0.05) is 6.54 Å². The van der Waals surface area contributed by atoms with Gasteiger partial charge in [0.1, 0.15) is 0 Å². The van der Waals surface area contributed by atoms with Crippen LogP contribution in [0.15, 0.2) is 12.8 Å². The minimum absolute atomic E-state index is 0.920. The Bertz CT molecular complexity index is 80.9.